The van der Waals surface area contributed by atoms with E-state index in [2.05, 4.69) is 11.9 Å². The van der Waals surface area contributed by atoms with Gasteiger partial charge in [-0.3, -0.25) is 4.79 Å². The highest BCUT2D eigenvalue weighted by molar-refractivity contribution is 5.89. The molecule has 0 bridgehead atoms. The van der Waals surface area contributed by atoms with Crippen LogP contribution in [0.25, 0.3) is 0 Å². The zero-order valence-electron chi connectivity index (χ0n) is 8.67. The number of aliphatic hydroxyl groups excluding tert-OH is 2. The summed E-state index contributed by atoms with van der Waals surface area (Å²) >= 11 is 0. The number of amides is 1. The SMILES string of the molecule is C=C1NC(=[18O])C=CN1[C@H]1C[C@@H](O)[C@@H](CO)O1. The Morgan fingerprint density at radius 2 is 2.44 bits per heavy atom. The van der Waals surface area contributed by atoms with Crippen molar-refractivity contribution in [3.8, 4) is 0 Å². The van der Waals surface area contributed by atoms with Crippen molar-refractivity contribution >= 4 is 5.91 Å². The number of hydrogen-bond donors (Lipinski definition) is 3. The van der Waals surface area contributed by atoms with Crippen molar-refractivity contribution in [3.63, 3.8) is 0 Å². The predicted octanol–water partition coefficient (Wildman–Crippen LogP) is -1.13. The van der Waals surface area contributed by atoms with E-state index in [1.807, 2.05) is 0 Å². The number of hydrogen-bond acceptors (Lipinski definition) is 5. The van der Waals surface area contributed by atoms with E-state index in [9.17, 15) is 9.90 Å². The Bertz CT molecular complexity index is 342. The van der Waals surface area contributed by atoms with Crippen LogP contribution in [0.3, 0.4) is 0 Å². The first-order valence-corrected chi connectivity index (χ1v) is 5.02. The molecular formula is C10H14N2O4. The minimum Gasteiger partial charge on any atom is -0.394 e. The van der Waals surface area contributed by atoms with E-state index in [0.29, 0.717) is 12.2 Å². The van der Waals surface area contributed by atoms with Crippen LogP contribution in [0.5, 0.6) is 0 Å². The fraction of sp³-hybridized carbons (Fsp3) is 0.500. The number of nitrogens with zero attached hydrogens (tertiary/aromatic N) is 1. The molecule has 2 heterocycles. The van der Waals surface area contributed by atoms with Crippen molar-refractivity contribution in [1.82, 2.24) is 10.2 Å². The van der Waals surface area contributed by atoms with Gasteiger partial charge in [0, 0.05) is 18.7 Å². The quantitative estimate of drug-likeness (QED) is 0.521. The number of carbonyl (C=O) groups is 1. The van der Waals surface area contributed by atoms with Crippen LogP contribution in [0.2, 0.25) is 0 Å². The Morgan fingerprint density at radius 1 is 1.69 bits per heavy atom. The van der Waals surface area contributed by atoms with E-state index < -0.39 is 18.4 Å². The largest absolute Gasteiger partial charge is 0.394 e. The molecule has 0 aromatic rings. The number of rotatable bonds is 2. The van der Waals surface area contributed by atoms with Gasteiger partial charge in [-0.25, -0.2) is 0 Å². The van der Waals surface area contributed by atoms with Gasteiger partial charge in [0.25, 0.3) is 5.91 Å². The van der Waals surface area contributed by atoms with Crippen molar-refractivity contribution in [3.05, 3.63) is 24.7 Å². The van der Waals surface area contributed by atoms with E-state index >= 15 is 0 Å². The summed E-state index contributed by atoms with van der Waals surface area (Å²) in [6.07, 6.45) is 1.59. The van der Waals surface area contributed by atoms with Crippen molar-refractivity contribution < 1.29 is 19.7 Å². The highest BCUT2D eigenvalue weighted by atomic mass is 18.1. The first-order chi connectivity index (χ1) is 7.61. The van der Waals surface area contributed by atoms with Crippen LogP contribution in [0, 0.1) is 0 Å². The van der Waals surface area contributed by atoms with Gasteiger partial charge in [0.1, 0.15) is 18.2 Å². The van der Waals surface area contributed by atoms with Crippen LogP contribution < -0.4 is 5.32 Å². The monoisotopic (exact) mass is 228 g/mol. The van der Waals surface area contributed by atoms with Gasteiger partial charge < -0.3 is 25.2 Å². The van der Waals surface area contributed by atoms with E-state index in [4.69, 9.17) is 9.84 Å². The first-order valence-electron chi connectivity index (χ1n) is 5.02. The van der Waals surface area contributed by atoms with Crippen molar-refractivity contribution in [2.45, 2.75) is 24.9 Å². The number of carbonyl (C=O) groups excluding carboxylic acids is 1. The molecule has 3 atom stereocenters. The normalized spacial score (nSPS) is 34.4. The Hall–Kier alpha value is -1.37. The molecule has 16 heavy (non-hydrogen) atoms. The van der Waals surface area contributed by atoms with Gasteiger partial charge in [0.15, 0.2) is 0 Å². The molecule has 1 saturated heterocycles. The first kappa shape index (κ1) is 11.1. The smallest absolute Gasteiger partial charge is 0.250 e. The lowest BCUT2D eigenvalue weighted by Crippen LogP contribution is -2.41. The van der Waals surface area contributed by atoms with Gasteiger partial charge in [-0.2, -0.15) is 0 Å². The summed E-state index contributed by atoms with van der Waals surface area (Å²) in [7, 11) is 0. The summed E-state index contributed by atoms with van der Waals surface area (Å²) in [5.41, 5.74) is 0. The molecule has 88 valence electrons. The number of ether oxygens (including phenoxy) is 1. The number of aliphatic hydroxyl groups is 2. The zero-order valence-corrected chi connectivity index (χ0v) is 8.67. The molecule has 0 saturated carbocycles. The minimum atomic E-state index is -0.700. The van der Waals surface area contributed by atoms with Crippen LogP contribution in [0.4, 0.5) is 0 Å². The molecule has 2 rings (SSSR count). The average Bonchev–Trinajstić information content (AvgIpc) is 2.59. The van der Waals surface area contributed by atoms with Crippen LogP contribution in [0.15, 0.2) is 24.7 Å². The predicted molar refractivity (Wildman–Crippen MR) is 54.6 cm³/mol. The second kappa shape index (κ2) is 4.25. The molecule has 0 aliphatic carbocycles. The van der Waals surface area contributed by atoms with E-state index in [1.165, 1.54) is 6.08 Å². The topological polar surface area (TPSA) is 82.0 Å². The minimum absolute atomic E-state index is 0.228. The number of nitrogens with one attached hydrogen (secondary N) is 1. The summed E-state index contributed by atoms with van der Waals surface area (Å²) in [5, 5.41) is 21.1. The standard InChI is InChI=1S/C10H14N2O4/c1-6-11-9(15)2-3-12(6)10-4-7(14)8(5-13)16-10/h2-3,7-8,10,13-14H,1,4-5H2,(H,11,15)/t7-,8-,10-/m1/s1/i15+2. The van der Waals surface area contributed by atoms with Gasteiger partial charge in [0.05, 0.1) is 12.7 Å². The third-order valence-corrected chi connectivity index (χ3v) is 2.66. The molecule has 1 fully saturated rings. The fourth-order valence-corrected chi connectivity index (χ4v) is 1.81. The highest BCUT2D eigenvalue weighted by Gasteiger charge is 2.37. The van der Waals surface area contributed by atoms with Crippen LogP contribution in [-0.2, 0) is 9.53 Å². The van der Waals surface area contributed by atoms with Crippen LogP contribution in [-0.4, -0.2) is 46.1 Å². The molecule has 0 aromatic carbocycles. The molecule has 6 nitrogen and oxygen atoms in total. The molecule has 2 aliphatic heterocycles. The van der Waals surface area contributed by atoms with Crippen LogP contribution >= 0.6 is 0 Å². The van der Waals surface area contributed by atoms with Crippen molar-refractivity contribution in [1.29, 1.82) is 0 Å². The molecule has 1 amide bonds. The molecule has 0 unspecified atom stereocenters. The van der Waals surface area contributed by atoms with E-state index in [1.54, 1.807) is 11.1 Å². The molecule has 2 aliphatic rings. The maximum Gasteiger partial charge on any atom is 0.250 e. The molecule has 0 radical (unpaired) electrons. The lowest BCUT2D eigenvalue weighted by atomic mass is 10.2. The van der Waals surface area contributed by atoms with Crippen LogP contribution in [0.1, 0.15) is 6.42 Å². The zero-order chi connectivity index (χ0) is 11.7. The lowest BCUT2D eigenvalue weighted by molar-refractivity contribution is -0.117. The van der Waals surface area contributed by atoms with Crippen molar-refractivity contribution in [2.75, 3.05) is 6.61 Å². The third kappa shape index (κ3) is 1.95. The maximum atomic E-state index is 11.0. The molecule has 3 N–H and O–H groups in total. The average molecular weight is 228 g/mol. The lowest BCUT2D eigenvalue weighted by Gasteiger charge is -2.30. The highest BCUT2D eigenvalue weighted by Crippen LogP contribution is 2.25. The maximum absolute atomic E-state index is 11.0. The Labute approximate surface area is 92.8 Å². The Morgan fingerprint density at radius 3 is 3.00 bits per heavy atom. The Kier molecular flexibility index (Phi) is 2.95. The molecule has 0 spiro atoms. The second-order valence-corrected chi connectivity index (χ2v) is 3.77. The van der Waals surface area contributed by atoms with Crippen molar-refractivity contribution in [2.24, 2.45) is 0 Å². The molecular weight excluding hydrogens is 214 g/mol. The van der Waals surface area contributed by atoms with Gasteiger partial charge in [-0.15, -0.1) is 0 Å². The fourth-order valence-electron chi connectivity index (χ4n) is 1.81. The summed E-state index contributed by atoms with van der Waals surface area (Å²) in [5.74, 6) is 0.168. The molecule has 6 heteroatoms. The third-order valence-electron chi connectivity index (χ3n) is 2.66. The summed E-state index contributed by atoms with van der Waals surface area (Å²) in [4.78, 5) is 12.6. The van der Waals surface area contributed by atoms with Gasteiger partial charge in [-0.1, -0.05) is 6.58 Å². The molecule has 0 aromatic heterocycles. The summed E-state index contributed by atoms with van der Waals surface area (Å²) in [6.45, 7) is 3.46. The second-order valence-electron chi connectivity index (χ2n) is 3.77. The van der Waals surface area contributed by atoms with Gasteiger partial charge >= 0.3 is 0 Å². The van der Waals surface area contributed by atoms with Gasteiger partial charge in [-0.05, 0) is 0 Å². The van der Waals surface area contributed by atoms with Gasteiger partial charge in [0.2, 0.25) is 0 Å². The van der Waals surface area contributed by atoms with E-state index in [-0.39, 0.29) is 12.5 Å². The van der Waals surface area contributed by atoms with E-state index in [0.717, 1.165) is 0 Å². The summed E-state index contributed by atoms with van der Waals surface area (Å²) < 4.78 is 5.43. The summed E-state index contributed by atoms with van der Waals surface area (Å²) in [6, 6.07) is 0. The Balaban J connectivity index is 2.07.